The number of carbonyl (C=O) groups is 1. The smallest absolute Gasteiger partial charge is 0.257 e. The molecule has 148 valence electrons. The third-order valence-electron chi connectivity index (χ3n) is 5.17. The Morgan fingerprint density at radius 3 is 1.40 bits per heavy atom. The summed E-state index contributed by atoms with van der Waals surface area (Å²) in [5, 5.41) is -2.17. The molecule has 0 N–H and O–H groups in total. The summed E-state index contributed by atoms with van der Waals surface area (Å²) in [4.78, 5) is 13.7. The number of hydrogen-bond acceptors (Lipinski definition) is 2. The van der Waals surface area contributed by atoms with Crippen molar-refractivity contribution in [3.05, 3.63) is 132 Å². The Kier molecular flexibility index (Phi) is 5.48. The number of carbonyl (C=O) groups excluding carboxylic acids is 1. The molecule has 0 aromatic heterocycles. The SMILES string of the molecule is O=C(c1ccccc1)C(F)(c1ccccc1)P(=O)(c1ccccc1)c1ccccc1. The monoisotopic (exact) mass is 414 g/mol. The van der Waals surface area contributed by atoms with Crippen LogP contribution in [0.5, 0.6) is 0 Å². The van der Waals surface area contributed by atoms with Gasteiger partial charge in [0.1, 0.15) is 0 Å². The number of rotatable bonds is 6. The number of ketones is 1. The van der Waals surface area contributed by atoms with Gasteiger partial charge in [-0.05, 0) is 0 Å². The summed E-state index contributed by atoms with van der Waals surface area (Å²) in [5.74, 6) is -0.815. The lowest BCUT2D eigenvalue weighted by Crippen LogP contribution is -2.39. The van der Waals surface area contributed by atoms with E-state index in [-0.39, 0.29) is 11.1 Å². The molecule has 0 saturated carbocycles. The summed E-state index contributed by atoms with van der Waals surface area (Å²) in [5.41, 5.74) is 0.255. The summed E-state index contributed by atoms with van der Waals surface area (Å²) < 4.78 is 32.3. The van der Waals surface area contributed by atoms with Crippen LogP contribution in [0.4, 0.5) is 4.39 Å². The molecule has 4 aromatic carbocycles. The van der Waals surface area contributed by atoms with Gasteiger partial charge in [-0.15, -0.1) is 0 Å². The van der Waals surface area contributed by atoms with Gasteiger partial charge in [-0.25, -0.2) is 4.39 Å². The van der Waals surface area contributed by atoms with E-state index < -0.39 is 18.3 Å². The highest BCUT2D eigenvalue weighted by Crippen LogP contribution is 2.63. The van der Waals surface area contributed by atoms with Crippen LogP contribution in [0.2, 0.25) is 0 Å². The fourth-order valence-electron chi connectivity index (χ4n) is 3.68. The Hall–Kier alpha value is -3.29. The van der Waals surface area contributed by atoms with E-state index in [0.29, 0.717) is 10.6 Å². The Bertz CT molecular complexity index is 1140. The van der Waals surface area contributed by atoms with Crippen LogP contribution in [0, 0.1) is 0 Å². The molecule has 4 rings (SSSR count). The van der Waals surface area contributed by atoms with Gasteiger partial charge in [-0.1, -0.05) is 121 Å². The van der Waals surface area contributed by atoms with E-state index in [1.165, 1.54) is 12.1 Å². The third-order valence-corrected chi connectivity index (χ3v) is 8.55. The van der Waals surface area contributed by atoms with Crippen LogP contribution in [0.3, 0.4) is 0 Å². The van der Waals surface area contributed by atoms with E-state index in [4.69, 9.17) is 0 Å². The maximum atomic E-state index is 17.4. The first kappa shape index (κ1) is 20.0. The fraction of sp³-hybridized carbons (Fsp3) is 0.0385. The molecule has 0 amide bonds. The van der Waals surface area contributed by atoms with Gasteiger partial charge in [0.2, 0.25) is 5.78 Å². The Morgan fingerprint density at radius 1 is 0.600 bits per heavy atom. The lowest BCUT2D eigenvalue weighted by Gasteiger charge is -2.34. The molecule has 0 bridgehead atoms. The second-order valence-corrected chi connectivity index (χ2v) is 9.83. The van der Waals surface area contributed by atoms with Crippen LogP contribution >= 0.6 is 7.14 Å². The summed E-state index contributed by atoms with van der Waals surface area (Å²) in [6.07, 6.45) is 0. The quantitative estimate of drug-likeness (QED) is 0.299. The van der Waals surface area contributed by atoms with Crippen LogP contribution in [-0.4, -0.2) is 5.78 Å². The van der Waals surface area contributed by atoms with Crippen molar-refractivity contribution in [3.63, 3.8) is 0 Å². The van der Waals surface area contributed by atoms with Crippen molar-refractivity contribution in [2.24, 2.45) is 0 Å². The minimum Gasteiger partial charge on any atom is -0.309 e. The van der Waals surface area contributed by atoms with Crippen LogP contribution in [0.1, 0.15) is 15.9 Å². The highest BCUT2D eigenvalue weighted by molar-refractivity contribution is 7.80. The third kappa shape index (κ3) is 3.22. The number of hydrogen-bond donors (Lipinski definition) is 0. The largest absolute Gasteiger partial charge is 0.309 e. The van der Waals surface area contributed by atoms with Gasteiger partial charge in [-0.3, -0.25) is 4.79 Å². The second kappa shape index (κ2) is 8.22. The number of halogens is 1. The molecule has 4 aromatic rings. The highest BCUT2D eigenvalue weighted by Gasteiger charge is 2.58. The number of benzene rings is 4. The molecule has 0 saturated heterocycles. The van der Waals surface area contributed by atoms with Crippen molar-refractivity contribution < 1.29 is 13.8 Å². The van der Waals surface area contributed by atoms with Crippen molar-refractivity contribution in [1.82, 2.24) is 0 Å². The van der Waals surface area contributed by atoms with Gasteiger partial charge in [-0.2, -0.15) is 0 Å². The summed E-state index contributed by atoms with van der Waals surface area (Å²) in [6, 6.07) is 33.2. The lowest BCUT2D eigenvalue weighted by molar-refractivity contribution is 0.0824. The lowest BCUT2D eigenvalue weighted by atomic mass is 10.0. The van der Waals surface area contributed by atoms with E-state index in [1.807, 2.05) is 0 Å². The normalized spacial score (nSPS) is 13.4. The van der Waals surface area contributed by atoms with Crippen molar-refractivity contribution in [1.29, 1.82) is 0 Å². The average molecular weight is 414 g/mol. The maximum absolute atomic E-state index is 17.4. The first-order valence-corrected chi connectivity index (χ1v) is 11.3. The van der Waals surface area contributed by atoms with Gasteiger partial charge in [0.25, 0.3) is 5.41 Å². The molecule has 1 unspecified atom stereocenters. The first-order valence-electron chi connectivity index (χ1n) is 9.64. The molecule has 4 heteroatoms. The zero-order valence-electron chi connectivity index (χ0n) is 16.2. The van der Waals surface area contributed by atoms with Crippen LogP contribution in [0.25, 0.3) is 0 Å². The molecule has 30 heavy (non-hydrogen) atoms. The summed E-state index contributed by atoms with van der Waals surface area (Å²) in [6.45, 7) is 0. The minimum atomic E-state index is -4.11. The zero-order valence-corrected chi connectivity index (χ0v) is 17.1. The second-order valence-electron chi connectivity index (χ2n) is 6.96. The molecule has 0 spiro atoms. The minimum absolute atomic E-state index is 0.0786. The Balaban J connectivity index is 2.08. The standard InChI is InChI=1S/C26H20FO2P/c27-26(22-15-7-2-8-16-22,25(28)21-13-5-1-6-14-21)30(29,23-17-9-3-10-18-23)24-19-11-4-12-20-24/h1-20H. The van der Waals surface area contributed by atoms with E-state index in [0.717, 1.165) is 0 Å². The molecular weight excluding hydrogens is 394 g/mol. The first-order chi connectivity index (χ1) is 14.6. The average Bonchev–Trinajstić information content (AvgIpc) is 2.84. The van der Waals surface area contributed by atoms with Gasteiger partial charge >= 0.3 is 0 Å². The van der Waals surface area contributed by atoms with Crippen molar-refractivity contribution in [2.45, 2.75) is 5.41 Å². The molecule has 0 radical (unpaired) electrons. The van der Waals surface area contributed by atoms with Crippen molar-refractivity contribution in [2.75, 3.05) is 0 Å². The Morgan fingerprint density at radius 2 is 0.967 bits per heavy atom. The summed E-state index contributed by atoms with van der Waals surface area (Å²) >= 11 is 0. The van der Waals surface area contributed by atoms with Gasteiger partial charge in [0.15, 0.2) is 7.14 Å². The Labute approximate surface area is 175 Å². The zero-order chi connectivity index (χ0) is 21.0. The van der Waals surface area contributed by atoms with Crippen LogP contribution in [-0.2, 0) is 9.97 Å². The van der Waals surface area contributed by atoms with Crippen LogP contribution in [0.15, 0.2) is 121 Å². The highest BCUT2D eigenvalue weighted by atomic mass is 31.2. The van der Waals surface area contributed by atoms with Gasteiger partial charge in [0, 0.05) is 21.7 Å². The molecule has 0 aliphatic carbocycles. The molecule has 0 heterocycles. The molecule has 0 fully saturated rings. The molecule has 0 aliphatic rings. The maximum Gasteiger partial charge on any atom is 0.257 e. The van der Waals surface area contributed by atoms with Crippen LogP contribution < -0.4 is 10.6 Å². The van der Waals surface area contributed by atoms with Gasteiger partial charge < -0.3 is 4.57 Å². The molecule has 2 nitrogen and oxygen atoms in total. The summed E-state index contributed by atoms with van der Waals surface area (Å²) in [7, 11) is -4.11. The van der Waals surface area contributed by atoms with E-state index in [9.17, 15) is 9.36 Å². The van der Waals surface area contributed by atoms with Crippen molar-refractivity contribution >= 4 is 23.5 Å². The van der Waals surface area contributed by atoms with Crippen molar-refractivity contribution in [3.8, 4) is 0 Å². The predicted molar refractivity (Wildman–Crippen MR) is 120 cm³/mol. The number of Topliss-reactive ketones (excluding diaryl/α,β-unsaturated/α-hetero) is 1. The molecular formula is C26H20FO2P. The van der Waals surface area contributed by atoms with E-state index in [2.05, 4.69) is 0 Å². The molecule has 0 aliphatic heterocycles. The van der Waals surface area contributed by atoms with E-state index >= 15 is 4.39 Å². The topological polar surface area (TPSA) is 34.1 Å². The van der Waals surface area contributed by atoms with Gasteiger partial charge in [0.05, 0.1) is 0 Å². The van der Waals surface area contributed by atoms with E-state index in [1.54, 1.807) is 109 Å². The fourth-order valence-corrected chi connectivity index (χ4v) is 6.80. The number of alkyl halides is 1. The molecule has 1 atom stereocenters. The predicted octanol–water partition coefficient (Wildman–Crippen LogP) is 5.71.